The van der Waals surface area contributed by atoms with Gasteiger partial charge in [0.25, 0.3) is 0 Å². The molecule has 0 bridgehead atoms. The molecule has 1 fully saturated rings. The van der Waals surface area contributed by atoms with Crippen LogP contribution < -0.4 is 10.6 Å². The summed E-state index contributed by atoms with van der Waals surface area (Å²) in [7, 11) is 1.79. The molecule has 0 aliphatic heterocycles. The van der Waals surface area contributed by atoms with E-state index in [1.165, 1.54) is 25.7 Å². The predicted octanol–water partition coefficient (Wildman–Crippen LogP) is 2.43. The van der Waals surface area contributed by atoms with E-state index in [-0.39, 0.29) is 0 Å². The van der Waals surface area contributed by atoms with Gasteiger partial charge in [-0.25, -0.2) is 4.98 Å². The molecule has 1 aromatic rings. The van der Waals surface area contributed by atoms with Crippen LogP contribution in [0, 0.1) is 5.41 Å². The third kappa shape index (κ3) is 6.15. The van der Waals surface area contributed by atoms with Crippen molar-refractivity contribution in [3.63, 3.8) is 0 Å². The van der Waals surface area contributed by atoms with Crippen LogP contribution in [0.2, 0.25) is 0 Å². The summed E-state index contributed by atoms with van der Waals surface area (Å²) in [6.07, 6.45) is 13.1. The molecule has 6 heteroatoms. The molecule has 2 rings (SSSR count). The van der Waals surface area contributed by atoms with Gasteiger partial charge >= 0.3 is 0 Å². The number of rotatable bonds is 10. The highest BCUT2D eigenvalue weighted by Crippen LogP contribution is 2.41. The number of nitrogens with zero attached hydrogens (tertiary/aromatic N) is 3. The maximum atomic E-state index is 5.31. The molecular formula is C18H33N5O. The number of hydrogen-bond acceptors (Lipinski definition) is 3. The molecule has 0 saturated heterocycles. The van der Waals surface area contributed by atoms with Gasteiger partial charge in [0.15, 0.2) is 5.96 Å². The molecule has 0 unspecified atom stereocenters. The maximum Gasteiger partial charge on any atom is 0.191 e. The minimum atomic E-state index is 0.342. The van der Waals surface area contributed by atoms with E-state index < -0.39 is 0 Å². The first-order valence-corrected chi connectivity index (χ1v) is 9.25. The summed E-state index contributed by atoms with van der Waals surface area (Å²) in [5, 5.41) is 6.82. The van der Waals surface area contributed by atoms with Crippen LogP contribution in [0.1, 0.15) is 45.4 Å². The highest BCUT2D eigenvalue weighted by molar-refractivity contribution is 5.79. The summed E-state index contributed by atoms with van der Waals surface area (Å²) in [5.74, 6) is 0.937. The monoisotopic (exact) mass is 335 g/mol. The Morgan fingerprint density at radius 1 is 1.33 bits per heavy atom. The van der Waals surface area contributed by atoms with Crippen LogP contribution >= 0.6 is 0 Å². The topological polar surface area (TPSA) is 63.5 Å². The SMILES string of the molecule is CCNC(=NCC1(CCOC)CCCC1)NCCCn1ccnc1. The van der Waals surface area contributed by atoms with Gasteiger partial charge < -0.3 is 19.9 Å². The zero-order valence-corrected chi connectivity index (χ0v) is 15.3. The Bertz CT molecular complexity index is 466. The fourth-order valence-corrected chi connectivity index (χ4v) is 3.41. The number of guanidine groups is 1. The smallest absolute Gasteiger partial charge is 0.191 e. The molecule has 0 atom stereocenters. The van der Waals surface area contributed by atoms with Crippen molar-refractivity contribution in [3.8, 4) is 0 Å². The van der Waals surface area contributed by atoms with Gasteiger partial charge in [-0.1, -0.05) is 12.8 Å². The van der Waals surface area contributed by atoms with Crippen molar-refractivity contribution in [2.24, 2.45) is 10.4 Å². The Balaban J connectivity index is 1.79. The molecule has 1 saturated carbocycles. The highest BCUT2D eigenvalue weighted by atomic mass is 16.5. The van der Waals surface area contributed by atoms with Gasteiger partial charge in [-0.15, -0.1) is 0 Å². The fraction of sp³-hybridized carbons (Fsp3) is 0.778. The lowest BCUT2D eigenvalue weighted by atomic mass is 9.83. The molecule has 6 nitrogen and oxygen atoms in total. The van der Waals surface area contributed by atoms with Gasteiger partial charge in [0.1, 0.15) is 0 Å². The van der Waals surface area contributed by atoms with Crippen molar-refractivity contribution < 1.29 is 4.74 Å². The second-order valence-electron chi connectivity index (χ2n) is 6.73. The molecule has 1 aliphatic carbocycles. The lowest BCUT2D eigenvalue weighted by Crippen LogP contribution is -2.39. The Morgan fingerprint density at radius 2 is 2.17 bits per heavy atom. The molecule has 0 radical (unpaired) electrons. The average Bonchev–Trinajstić information content (AvgIpc) is 3.27. The van der Waals surface area contributed by atoms with Gasteiger partial charge in [0.2, 0.25) is 0 Å². The van der Waals surface area contributed by atoms with E-state index in [2.05, 4.69) is 27.1 Å². The van der Waals surface area contributed by atoms with Crippen LogP contribution in [-0.2, 0) is 11.3 Å². The van der Waals surface area contributed by atoms with Gasteiger partial charge in [0.05, 0.1) is 6.33 Å². The number of aliphatic imine (C=N–C) groups is 1. The van der Waals surface area contributed by atoms with Gasteiger partial charge in [-0.2, -0.15) is 0 Å². The summed E-state index contributed by atoms with van der Waals surface area (Å²) >= 11 is 0. The van der Waals surface area contributed by atoms with Crippen molar-refractivity contribution >= 4 is 5.96 Å². The molecule has 1 aromatic heterocycles. The lowest BCUT2D eigenvalue weighted by molar-refractivity contribution is 0.141. The van der Waals surface area contributed by atoms with Crippen molar-refractivity contribution in [3.05, 3.63) is 18.7 Å². The number of imidazole rings is 1. The fourth-order valence-electron chi connectivity index (χ4n) is 3.41. The molecule has 24 heavy (non-hydrogen) atoms. The van der Waals surface area contributed by atoms with Crippen molar-refractivity contribution in [1.82, 2.24) is 20.2 Å². The van der Waals surface area contributed by atoms with E-state index in [0.29, 0.717) is 5.41 Å². The molecule has 2 N–H and O–H groups in total. The summed E-state index contributed by atoms with van der Waals surface area (Å²) < 4.78 is 7.41. The second kappa shape index (κ2) is 10.3. The number of ether oxygens (including phenoxy) is 1. The first-order valence-electron chi connectivity index (χ1n) is 9.25. The van der Waals surface area contributed by atoms with Crippen LogP contribution in [0.3, 0.4) is 0 Å². The number of methoxy groups -OCH3 is 1. The van der Waals surface area contributed by atoms with E-state index in [9.17, 15) is 0 Å². The molecule has 1 aliphatic rings. The predicted molar refractivity (Wildman–Crippen MR) is 98.2 cm³/mol. The van der Waals surface area contributed by atoms with Crippen LogP contribution in [-0.4, -0.2) is 48.9 Å². The van der Waals surface area contributed by atoms with Gasteiger partial charge in [0, 0.05) is 52.3 Å². The Hall–Kier alpha value is -1.56. The maximum absolute atomic E-state index is 5.31. The van der Waals surface area contributed by atoms with Crippen molar-refractivity contribution in [1.29, 1.82) is 0 Å². The third-order valence-corrected chi connectivity index (χ3v) is 4.86. The van der Waals surface area contributed by atoms with Crippen LogP contribution in [0.5, 0.6) is 0 Å². The molecule has 0 aromatic carbocycles. The van der Waals surface area contributed by atoms with Crippen LogP contribution in [0.25, 0.3) is 0 Å². The molecular weight excluding hydrogens is 302 g/mol. The number of aromatic nitrogens is 2. The second-order valence-corrected chi connectivity index (χ2v) is 6.73. The van der Waals surface area contributed by atoms with Crippen molar-refractivity contribution in [2.45, 2.75) is 52.0 Å². The van der Waals surface area contributed by atoms with E-state index in [0.717, 1.165) is 51.6 Å². The summed E-state index contributed by atoms with van der Waals surface area (Å²) in [6.45, 7) is 6.62. The third-order valence-electron chi connectivity index (χ3n) is 4.86. The van der Waals surface area contributed by atoms with E-state index in [1.54, 1.807) is 7.11 Å². The van der Waals surface area contributed by atoms with Gasteiger partial charge in [-0.05, 0) is 38.0 Å². The van der Waals surface area contributed by atoms with Gasteiger partial charge in [-0.3, -0.25) is 4.99 Å². The number of hydrogen-bond donors (Lipinski definition) is 2. The van der Waals surface area contributed by atoms with E-state index in [4.69, 9.17) is 9.73 Å². The summed E-state index contributed by atoms with van der Waals surface area (Å²) in [4.78, 5) is 8.94. The average molecular weight is 335 g/mol. The summed E-state index contributed by atoms with van der Waals surface area (Å²) in [6, 6.07) is 0. The first-order chi connectivity index (χ1) is 11.8. The Morgan fingerprint density at radius 3 is 2.83 bits per heavy atom. The molecule has 0 spiro atoms. The zero-order chi connectivity index (χ0) is 17.1. The Labute approximate surface area is 146 Å². The van der Waals surface area contributed by atoms with Crippen molar-refractivity contribution in [2.75, 3.05) is 33.4 Å². The molecule has 0 amide bonds. The number of aryl methyl sites for hydroxylation is 1. The standard InChI is InChI=1S/C18H33N5O/c1-3-20-17(21-10-6-12-23-13-11-19-16-23)22-15-18(9-14-24-2)7-4-5-8-18/h11,13,16H,3-10,12,14-15H2,1-2H3,(H2,20,21,22). The minimum absolute atomic E-state index is 0.342. The first kappa shape index (κ1) is 18.8. The quantitative estimate of drug-likeness (QED) is 0.392. The lowest BCUT2D eigenvalue weighted by Gasteiger charge is -2.27. The highest BCUT2D eigenvalue weighted by Gasteiger charge is 2.33. The molecule has 136 valence electrons. The van der Waals surface area contributed by atoms with Crippen LogP contribution in [0.4, 0.5) is 0 Å². The largest absolute Gasteiger partial charge is 0.385 e. The Kier molecular flexibility index (Phi) is 8.08. The summed E-state index contributed by atoms with van der Waals surface area (Å²) in [5.41, 5.74) is 0.342. The normalized spacial score (nSPS) is 17.2. The van der Waals surface area contributed by atoms with E-state index in [1.807, 2.05) is 18.7 Å². The zero-order valence-electron chi connectivity index (χ0n) is 15.3. The van der Waals surface area contributed by atoms with E-state index >= 15 is 0 Å². The van der Waals surface area contributed by atoms with Crippen LogP contribution in [0.15, 0.2) is 23.7 Å². The number of nitrogens with one attached hydrogen (secondary N) is 2. The minimum Gasteiger partial charge on any atom is -0.385 e. The molecule has 1 heterocycles.